The van der Waals surface area contributed by atoms with Gasteiger partial charge in [-0.25, -0.2) is 18.1 Å². The molecule has 0 atom stereocenters. The lowest BCUT2D eigenvalue weighted by Crippen LogP contribution is -2.23. The van der Waals surface area contributed by atoms with Crippen LogP contribution in [0, 0.1) is 20.8 Å². The lowest BCUT2D eigenvalue weighted by atomic mass is 10.1. The number of aromatic nitrogens is 3. The fraction of sp³-hybridized carbons (Fsp3) is 0.250. The number of furan rings is 1. The normalized spacial score (nSPS) is 11.8. The zero-order valence-electron chi connectivity index (χ0n) is 13.6. The first kappa shape index (κ1) is 16.4. The topological polar surface area (TPSA) is 101 Å². The number of nitrogens with zero attached hydrogens (tertiary/aromatic N) is 2. The van der Waals surface area contributed by atoms with Gasteiger partial charge in [0.25, 0.3) is 0 Å². The van der Waals surface area contributed by atoms with Crippen LogP contribution in [-0.4, -0.2) is 23.6 Å². The minimum atomic E-state index is -3.62. The van der Waals surface area contributed by atoms with E-state index in [2.05, 4.69) is 19.9 Å². The molecule has 3 rings (SSSR count). The van der Waals surface area contributed by atoms with E-state index >= 15 is 0 Å². The highest BCUT2D eigenvalue weighted by molar-refractivity contribution is 7.89. The third kappa shape index (κ3) is 3.39. The summed E-state index contributed by atoms with van der Waals surface area (Å²) in [6.07, 6.45) is 0. The van der Waals surface area contributed by atoms with Crippen LogP contribution in [0.15, 0.2) is 39.6 Å². The van der Waals surface area contributed by atoms with E-state index in [1.54, 1.807) is 13.8 Å². The van der Waals surface area contributed by atoms with Gasteiger partial charge in [0.1, 0.15) is 22.2 Å². The van der Waals surface area contributed by atoms with Gasteiger partial charge < -0.3 is 4.42 Å². The molecule has 0 aliphatic carbocycles. The maximum absolute atomic E-state index is 12.4. The highest BCUT2D eigenvalue weighted by Crippen LogP contribution is 2.20. The maximum atomic E-state index is 12.4. The van der Waals surface area contributed by atoms with Crippen LogP contribution in [0.5, 0.6) is 0 Å². The van der Waals surface area contributed by atoms with Gasteiger partial charge in [-0.05, 0) is 38.5 Å². The molecule has 0 unspecified atom stereocenters. The number of H-pyrrole nitrogens is 1. The Labute approximate surface area is 140 Å². The first-order chi connectivity index (χ1) is 11.3. The molecule has 2 heterocycles. The fourth-order valence-electron chi connectivity index (χ4n) is 2.42. The van der Waals surface area contributed by atoms with Crippen LogP contribution in [0.2, 0.25) is 0 Å². The monoisotopic (exact) mass is 346 g/mol. The Kier molecular flexibility index (Phi) is 4.25. The second-order valence-electron chi connectivity index (χ2n) is 5.55. The van der Waals surface area contributed by atoms with Crippen molar-refractivity contribution in [2.45, 2.75) is 32.2 Å². The molecule has 0 spiro atoms. The summed E-state index contributed by atoms with van der Waals surface area (Å²) in [5.41, 5.74) is 1.64. The van der Waals surface area contributed by atoms with E-state index in [1.807, 2.05) is 31.2 Å². The molecule has 0 radical (unpaired) electrons. The van der Waals surface area contributed by atoms with Crippen molar-refractivity contribution in [3.8, 4) is 11.4 Å². The van der Waals surface area contributed by atoms with Gasteiger partial charge in [0.05, 0.1) is 0 Å². The van der Waals surface area contributed by atoms with E-state index < -0.39 is 10.0 Å². The van der Waals surface area contributed by atoms with Crippen molar-refractivity contribution in [3.63, 3.8) is 0 Å². The Morgan fingerprint density at radius 2 is 2.00 bits per heavy atom. The lowest BCUT2D eigenvalue weighted by molar-refractivity contribution is 0.495. The third-order valence-electron chi connectivity index (χ3n) is 3.53. The molecule has 24 heavy (non-hydrogen) atoms. The zero-order valence-corrected chi connectivity index (χ0v) is 14.4. The van der Waals surface area contributed by atoms with Crippen LogP contribution in [0.3, 0.4) is 0 Å². The summed E-state index contributed by atoms with van der Waals surface area (Å²) in [6, 6.07) is 8.95. The van der Waals surface area contributed by atoms with E-state index in [0.29, 0.717) is 17.3 Å². The molecule has 2 N–H and O–H groups in total. The SMILES string of the molecule is Cc1nc(-c2cccc(CNS(=O)(=O)c3cc(C)oc3C)c2)n[nH]1. The Morgan fingerprint density at radius 1 is 1.21 bits per heavy atom. The van der Waals surface area contributed by atoms with Gasteiger partial charge in [-0.3, -0.25) is 5.10 Å². The predicted molar refractivity (Wildman–Crippen MR) is 88.8 cm³/mol. The smallest absolute Gasteiger partial charge is 0.244 e. The molecule has 8 heteroatoms. The number of sulfonamides is 1. The summed E-state index contributed by atoms with van der Waals surface area (Å²) in [5.74, 6) is 2.25. The van der Waals surface area contributed by atoms with Crippen molar-refractivity contribution < 1.29 is 12.8 Å². The quantitative estimate of drug-likeness (QED) is 0.739. The second kappa shape index (κ2) is 6.21. The van der Waals surface area contributed by atoms with Crippen molar-refractivity contribution in [1.29, 1.82) is 0 Å². The molecule has 0 aliphatic heterocycles. The molecule has 3 aromatic rings. The molecule has 0 fully saturated rings. The number of benzene rings is 1. The van der Waals surface area contributed by atoms with E-state index in [9.17, 15) is 8.42 Å². The van der Waals surface area contributed by atoms with Crippen LogP contribution in [-0.2, 0) is 16.6 Å². The lowest BCUT2D eigenvalue weighted by Gasteiger charge is -2.06. The molecule has 7 nitrogen and oxygen atoms in total. The van der Waals surface area contributed by atoms with Crippen LogP contribution in [0.25, 0.3) is 11.4 Å². The molecule has 2 aromatic heterocycles. The predicted octanol–water partition coefficient (Wildman–Crippen LogP) is 2.47. The van der Waals surface area contributed by atoms with Gasteiger partial charge in [0.2, 0.25) is 10.0 Å². The summed E-state index contributed by atoms with van der Waals surface area (Å²) in [7, 11) is -3.62. The number of hydrogen-bond donors (Lipinski definition) is 2. The van der Waals surface area contributed by atoms with Crippen LogP contribution in [0.4, 0.5) is 0 Å². The van der Waals surface area contributed by atoms with Crippen molar-refractivity contribution in [1.82, 2.24) is 19.9 Å². The molecule has 126 valence electrons. The van der Waals surface area contributed by atoms with E-state index in [4.69, 9.17) is 4.42 Å². The summed E-state index contributed by atoms with van der Waals surface area (Å²) >= 11 is 0. The summed E-state index contributed by atoms with van der Waals surface area (Å²) < 4.78 is 32.7. The van der Waals surface area contributed by atoms with Crippen molar-refractivity contribution in [3.05, 3.63) is 53.2 Å². The Morgan fingerprint density at radius 3 is 2.62 bits per heavy atom. The number of hydrogen-bond acceptors (Lipinski definition) is 5. The van der Waals surface area contributed by atoms with Gasteiger partial charge in [0, 0.05) is 12.1 Å². The van der Waals surface area contributed by atoms with Gasteiger partial charge in [0.15, 0.2) is 5.82 Å². The highest BCUT2D eigenvalue weighted by atomic mass is 32.2. The molecule has 0 aliphatic rings. The largest absolute Gasteiger partial charge is 0.465 e. The average Bonchev–Trinajstić information content (AvgIpc) is 3.11. The van der Waals surface area contributed by atoms with Gasteiger partial charge in [-0.15, -0.1) is 0 Å². The summed E-state index contributed by atoms with van der Waals surface area (Å²) in [6.45, 7) is 5.34. The molecule has 0 bridgehead atoms. The zero-order chi connectivity index (χ0) is 17.3. The molecular formula is C16H18N4O3S. The molecule has 0 amide bonds. The molecule has 0 saturated carbocycles. The van der Waals surface area contributed by atoms with Gasteiger partial charge in [-0.1, -0.05) is 18.2 Å². The maximum Gasteiger partial charge on any atom is 0.244 e. The Hall–Kier alpha value is -2.45. The number of aromatic amines is 1. The van der Waals surface area contributed by atoms with Crippen molar-refractivity contribution >= 4 is 10.0 Å². The summed E-state index contributed by atoms with van der Waals surface area (Å²) in [5, 5.41) is 6.90. The Balaban J connectivity index is 1.78. The minimum Gasteiger partial charge on any atom is -0.465 e. The molecule has 0 saturated heterocycles. The number of nitrogens with one attached hydrogen (secondary N) is 2. The average molecular weight is 346 g/mol. The van der Waals surface area contributed by atoms with Crippen LogP contribution >= 0.6 is 0 Å². The van der Waals surface area contributed by atoms with Crippen LogP contribution < -0.4 is 4.72 Å². The third-order valence-corrected chi connectivity index (χ3v) is 5.04. The van der Waals surface area contributed by atoms with Crippen molar-refractivity contribution in [2.75, 3.05) is 0 Å². The second-order valence-corrected chi connectivity index (χ2v) is 7.28. The Bertz CT molecular complexity index is 973. The molecule has 1 aromatic carbocycles. The van der Waals surface area contributed by atoms with E-state index in [1.165, 1.54) is 6.07 Å². The van der Waals surface area contributed by atoms with E-state index in [0.717, 1.165) is 17.0 Å². The van der Waals surface area contributed by atoms with Crippen LogP contribution in [0.1, 0.15) is 22.9 Å². The van der Waals surface area contributed by atoms with Gasteiger partial charge in [-0.2, -0.15) is 5.10 Å². The minimum absolute atomic E-state index is 0.167. The highest BCUT2D eigenvalue weighted by Gasteiger charge is 2.20. The first-order valence-electron chi connectivity index (χ1n) is 7.40. The number of aryl methyl sites for hydroxylation is 3. The first-order valence-corrected chi connectivity index (χ1v) is 8.88. The number of rotatable bonds is 5. The van der Waals surface area contributed by atoms with E-state index in [-0.39, 0.29) is 11.4 Å². The summed E-state index contributed by atoms with van der Waals surface area (Å²) in [4.78, 5) is 4.44. The van der Waals surface area contributed by atoms with Crippen molar-refractivity contribution in [2.24, 2.45) is 0 Å². The fourth-order valence-corrected chi connectivity index (χ4v) is 3.68. The standard InChI is InChI=1S/C16H18N4O3S/c1-10-7-15(11(2)23-10)24(21,22)17-9-13-5-4-6-14(8-13)16-18-12(3)19-20-16/h4-8,17H,9H2,1-3H3,(H,18,19,20). The molecular weight excluding hydrogens is 328 g/mol. The van der Waals surface area contributed by atoms with Gasteiger partial charge >= 0.3 is 0 Å².